The van der Waals surface area contributed by atoms with Gasteiger partial charge in [-0.1, -0.05) is 42.0 Å². The Bertz CT molecular complexity index is 1060. The third-order valence-corrected chi connectivity index (χ3v) is 5.07. The Hall–Kier alpha value is -3.13. The molecule has 1 heterocycles. The molecule has 7 nitrogen and oxygen atoms in total. The summed E-state index contributed by atoms with van der Waals surface area (Å²) < 4.78 is 25.3. The zero-order valence-electron chi connectivity index (χ0n) is 15.0. The summed E-state index contributed by atoms with van der Waals surface area (Å²) in [6.45, 7) is 2.40. The Morgan fingerprint density at radius 1 is 1.11 bits per heavy atom. The average Bonchev–Trinajstić information content (AvgIpc) is 3.09. The number of nitrogens with one attached hydrogen (secondary N) is 2. The van der Waals surface area contributed by atoms with Gasteiger partial charge in [0.05, 0.1) is 28.7 Å². The second-order valence-corrected chi connectivity index (χ2v) is 8.19. The largest absolute Gasteiger partial charge is 0.334 e. The molecule has 140 valence electrons. The van der Waals surface area contributed by atoms with Gasteiger partial charge in [-0.25, -0.2) is 17.9 Å². The minimum atomic E-state index is -3.40. The number of sulfone groups is 1. The van der Waals surface area contributed by atoms with Crippen molar-refractivity contribution in [3.63, 3.8) is 0 Å². The Kier molecular flexibility index (Phi) is 5.27. The van der Waals surface area contributed by atoms with E-state index in [1.165, 1.54) is 16.9 Å². The molecule has 0 bridgehead atoms. The molecule has 1 aromatic heterocycles. The molecule has 3 rings (SSSR count). The number of hydrogen-bond donors (Lipinski definition) is 2. The Morgan fingerprint density at radius 2 is 1.81 bits per heavy atom. The van der Waals surface area contributed by atoms with E-state index < -0.39 is 9.84 Å². The smallest absolute Gasteiger partial charge is 0.319 e. The highest BCUT2D eigenvalue weighted by molar-refractivity contribution is 7.90. The second-order valence-electron chi connectivity index (χ2n) is 6.21. The molecule has 2 aromatic carbocycles. The number of aryl methyl sites for hydroxylation is 1. The van der Waals surface area contributed by atoms with Gasteiger partial charge in [-0.05, 0) is 24.6 Å². The lowest BCUT2D eigenvalue weighted by atomic mass is 10.1. The van der Waals surface area contributed by atoms with Crippen LogP contribution in [0.4, 0.5) is 10.5 Å². The van der Waals surface area contributed by atoms with Crippen molar-refractivity contribution in [2.45, 2.75) is 18.4 Å². The van der Waals surface area contributed by atoms with Gasteiger partial charge in [0.15, 0.2) is 9.84 Å². The first kappa shape index (κ1) is 18.7. The highest BCUT2D eigenvalue weighted by atomic mass is 32.2. The van der Waals surface area contributed by atoms with Crippen LogP contribution < -0.4 is 10.6 Å². The number of rotatable bonds is 5. The number of aromatic nitrogens is 2. The van der Waals surface area contributed by atoms with E-state index in [0.717, 1.165) is 17.4 Å². The van der Waals surface area contributed by atoms with Crippen molar-refractivity contribution in [2.75, 3.05) is 11.6 Å². The average molecular weight is 384 g/mol. The maximum Gasteiger partial charge on any atom is 0.319 e. The molecule has 0 saturated heterocycles. The third-order valence-electron chi connectivity index (χ3n) is 3.93. The second kappa shape index (κ2) is 7.63. The van der Waals surface area contributed by atoms with Crippen LogP contribution in [0.25, 0.3) is 5.69 Å². The first-order chi connectivity index (χ1) is 12.8. The van der Waals surface area contributed by atoms with Crippen molar-refractivity contribution in [2.24, 2.45) is 0 Å². The highest BCUT2D eigenvalue weighted by Crippen LogP contribution is 2.20. The van der Waals surface area contributed by atoms with Gasteiger partial charge < -0.3 is 10.6 Å². The quantitative estimate of drug-likeness (QED) is 0.707. The number of para-hydroxylation sites is 1. The topological polar surface area (TPSA) is 93.1 Å². The number of benzene rings is 2. The first-order valence-electron chi connectivity index (χ1n) is 8.27. The highest BCUT2D eigenvalue weighted by Gasteiger charge is 2.15. The number of carbonyl (C=O) groups excluding carboxylic acids is 1. The molecule has 0 atom stereocenters. The minimum absolute atomic E-state index is 0.170. The van der Waals surface area contributed by atoms with E-state index in [4.69, 9.17) is 0 Å². The van der Waals surface area contributed by atoms with Gasteiger partial charge in [0.2, 0.25) is 0 Å². The number of anilines is 1. The van der Waals surface area contributed by atoms with Gasteiger partial charge in [0, 0.05) is 12.8 Å². The number of amides is 2. The molecule has 0 aliphatic rings. The number of hydrogen-bond acceptors (Lipinski definition) is 4. The van der Waals surface area contributed by atoms with Crippen molar-refractivity contribution < 1.29 is 13.2 Å². The Labute approximate surface area is 157 Å². The summed E-state index contributed by atoms with van der Waals surface area (Å²) in [7, 11) is -3.40. The summed E-state index contributed by atoms with van der Waals surface area (Å²) in [4.78, 5) is 12.2. The Balaban J connectivity index is 1.68. The van der Waals surface area contributed by atoms with Crippen LogP contribution in [-0.4, -0.2) is 30.5 Å². The van der Waals surface area contributed by atoms with Crippen LogP contribution in [0.3, 0.4) is 0 Å². The van der Waals surface area contributed by atoms with Crippen molar-refractivity contribution in [3.05, 3.63) is 72.1 Å². The summed E-state index contributed by atoms with van der Waals surface area (Å²) in [5.41, 5.74) is 3.03. The molecule has 0 aliphatic carbocycles. The fourth-order valence-electron chi connectivity index (χ4n) is 2.54. The van der Waals surface area contributed by atoms with Crippen LogP contribution in [0.2, 0.25) is 0 Å². The molecule has 0 spiro atoms. The molecule has 0 radical (unpaired) electrons. The van der Waals surface area contributed by atoms with Crippen molar-refractivity contribution in [1.82, 2.24) is 15.1 Å². The molecule has 3 aromatic rings. The van der Waals surface area contributed by atoms with Gasteiger partial charge >= 0.3 is 6.03 Å². The van der Waals surface area contributed by atoms with Crippen LogP contribution in [-0.2, 0) is 16.4 Å². The molecule has 2 amide bonds. The summed E-state index contributed by atoms with van der Waals surface area (Å²) in [5, 5.41) is 9.61. The fraction of sp³-hybridized carbons (Fsp3) is 0.158. The molecule has 0 aliphatic heterocycles. The predicted octanol–water partition coefficient (Wildman–Crippen LogP) is 2.91. The number of urea groups is 1. The van der Waals surface area contributed by atoms with E-state index in [-0.39, 0.29) is 10.9 Å². The summed E-state index contributed by atoms with van der Waals surface area (Å²) in [5.74, 6) is 0. The van der Waals surface area contributed by atoms with Gasteiger partial charge in [-0.3, -0.25) is 0 Å². The van der Waals surface area contributed by atoms with E-state index in [1.54, 1.807) is 24.4 Å². The first-order valence-corrected chi connectivity index (χ1v) is 10.2. The molecule has 8 heteroatoms. The lowest BCUT2D eigenvalue weighted by molar-refractivity contribution is 0.251. The molecule has 0 saturated carbocycles. The minimum Gasteiger partial charge on any atom is -0.334 e. The van der Waals surface area contributed by atoms with Crippen LogP contribution >= 0.6 is 0 Å². The number of carbonyl (C=O) groups is 1. The van der Waals surface area contributed by atoms with Crippen molar-refractivity contribution in [3.8, 4) is 5.69 Å². The van der Waals surface area contributed by atoms with E-state index in [2.05, 4.69) is 15.7 Å². The SMILES string of the molecule is Cc1ccc(CNC(=O)Nc2cnn(-c3ccccc3S(C)(=O)=O)c2)cc1. The van der Waals surface area contributed by atoms with E-state index >= 15 is 0 Å². The molecule has 0 unspecified atom stereocenters. The summed E-state index contributed by atoms with van der Waals surface area (Å²) in [6, 6.07) is 14.1. The van der Waals surface area contributed by atoms with Crippen LogP contribution in [0.15, 0.2) is 65.8 Å². The van der Waals surface area contributed by atoms with Crippen molar-refractivity contribution in [1.29, 1.82) is 0 Å². The van der Waals surface area contributed by atoms with Crippen molar-refractivity contribution >= 4 is 21.6 Å². The fourth-order valence-corrected chi connectivity index (χ4v) is 3.41. The monoisotopic (exact) mass is 384 g/mol. The number of nitrogens with zero attached hydrogens (tertiary/aromatic N) is 2. The normalized spacial score (nSPS) is 11.2. The Morgan fingerprint density at radius 3 is 2.52 bits per heavy atom. The van der Waals surface area contributed by atoms with E-state index in [9.17, 15) is 13.2 Å². The van der Waals surface area contributed by atoms with Gasteiger partial charge in [-0.15, -0.1) is 0 Å². The summed E-state index contributed by atoms with van der Waals surface area (Å²) >= 11 is 0. The maximum atomic E-state index is 12.1. The lowest BCUT2D eigenvalue weighted by Crippen LogP contribution is -2.28. The summed E-state index contributed by atoms with van der Waals surface area (Å²) in [6.07, 6.45) is 4.17. The van der Waals surface area contributed by atoms with Crippen LogP contribution in [0.1, 0.15) is 11.1 Å². The standard InChI is InChI=1S/C19H20N4O3S/c1-14-7-9-15(10-8-14)11-20-19(24)22-16-12-21-23(13-16)17-5-3-4-6-18(17)27(2,25)26/h3-10,12-13H,11H2,1-2H3,(H2,20,22,24). The van der Waals surface area contributed by atoms with Gasteiger partial charge in [0.1, 0.15) is 0 Å². The molecular formula is C19H20N4O3S. The maximum absolute atomic E-state index is 12.1. The van der Waals surface area contributed by atoms with Crippen LogP contribution in [0.5, 0.6) is 0 Å². The molecule has 27 heavy (non-hydrogen) atoms. The zero-order chi connectivity index (χ0) is 19.4. The zero-order valence-corrected chi connectivity index (χ0v) is 15.8. The van der Waals surface area contributed by atoms with Gasteiger partial charge in [0.25, 0.3) is 0 Å². The molecular weight excluding hydrogens is 364 g/mol. The van der Waals surface area contributed by atoms with E-state index in [0.29, 0.717) is 17.9 Å². The molecule has 2 N–H and O–H groups in total. The van der Waals surface area contributed by atoms with Gasteiger partial charge in [-0.2, -0.15) is 5.10 Å². The van der Waals surface area contributed by atoms with E-state index in [1.807, 2.05) is 31.2 Å². The predicted molar refractivity (Wildman–Crippen MR) is 104 cm³/mol. The molecule has 0 fully saturated rings. The van der Waals surface area contributed by atoms with Crippen LogP contribution in [0, 0.1) is 6.92 Å². The third kappa shape index (κ3) is 4.73. The lowest BCUT2D eigenvalue weighted by Gasteiger charge is -2.08.